The van der Waals surface area contributed by atoms with Crippen molar-refractivity contribution in [2.45, 2.75) is 71.8 Å². The van der Waals surface area contributed by atoms with Gasteiger partial charge in [-0.15, -0.1) is 0 Å². The fourth-order valence-electron chi connectivity index (χ4n) is 5.11. The number of esters is 1. The van der Waals surface area contributed by atoms with Crippen molar-refractivity contribution in [3.8, 4) is 0 Å². The topological polar surface area (TPSA) is 204 Å². The lowest BCUT2D eigenvalue weighted by atomic mass is 9.94. The van der Waals surface area contributed by atoms with E-state index >= 15 is 0 Å². The summed E-state index contributed by atoms with van der Waals surface area (Å²) in [5.74, 6) is -5.01. The molecule has 0 aliphatic carbocycles. The third-order valence-corrected chi connectivity index (χ3v) is 7.47. The Hall–Kier alpha value is -4.98. The zero-order valence-electron chi connectivity index (χ0n) is 27.9. The summed E-state index contributed by atoms with van der Waals surface area (Å²) in [6.45, 7) is 6.12. The fraction of sp³-hybridized carbons (Fsp3) is 0.471. The van der Waals surface area contributed by atoms with E-state index in [1.807, 2.05) is 30.3 Å². The lowest BCUT2D eigenvalue weighted by Gasteiger charge is -2.40. The number of nitrogens with zero attached hydrogens (tertiary/aromatic N) is 3. The predicted molar refractivity (Wildman–Crippen MR) is 180 cm³/mol. The third-order valence-electron chi connectivity index (χ3n) is 7.47. The molecule has 0 aliphatic rings. The van der Waals surface area contributed by atoms with Crippen molar-refractivity contribution in [2.75, 3.05) is 26.2 Å². The number of carbonyl (C=O) groups is 5. The van der Waals surface area contributed by atoms with Crippen molar-refractivity contribution in [1.29, 1.82) is 0 Å². The Labute approximate surface area is 281 Å². The van der Waals surface area contributed by atoms with Gasteiger partial charge in [-0.05, 0) is 89.1 Å². The Morgan fingerprint density at radius 1 is 0.896 bits per heavy atom. The fourth-order valence-corrected chi connectivity index (χ4v) is 5.11. The molecule has 0 aliphatic heterocycles. The summed E-state index contributed by atoms with van der Waals surface area (Å²) < 4.78 is 4.94. The molecule has 0 saturated carbocycles. The van der Waals surface area contributed by atoms with E-state index in [1.54, 1.807) is 20.8 Å². The summed E-state index contributed by atoms with van der Waals surface area (Å²) in [5.41, 5.74) is 13.3. The van der Waals surface area contributed by atoms with E-state index in [2.05, 4.69) is 15.8 Å². The first kappa shape index (κ1) is 39.2. The number of guanidine groups is 1. The lowest BCUT2D eigenvalue weighted by Crippen LogP contribution is -2.60. The maximum absolute atomic E-state index is 14.1. The highest BCUT2D eigenvalue weighted by atomic mass is 16.5. The second-order valence-corrected chi connectivity index (χ2v) is 10.9. The number of rotatable bonds is 20. The minimum Gasteiger partial charge on any atom is -0.481 e. The monoisotopic (exact) mass is 668 g/mol. The lowest BCUT2D eigenvalue weighted by molar-refractivity contribution is -0.166. The normalized spacial score (nSPS) is 12.4. The summed E-state index contributed by atoms with van der Waals surface area (Å²) in [5, 5.41) is 22.3. The van der Waals surface area contributed by atoms with Crippen LogP contribution in [0.2, 0.25) is 0 Å². The standard InChI is InChI=1S/C34H48N6O8/c1-4-36-34(35)39(5-2)40(31(44)27(23-29(41)42)16-12-15-24-13-8-7-9-14-24)28(32(45)46)17-10-11-22-37-38-30(43)25-18-20-26(21-19-25)33(47)48-6-3/h7-9,13-14,18-21,27-28,37H,4-6,10-12,15-17,22-23H2,1-3H3,(H2,35,36)(H,38,43)(H,41,42)(H,45,46)/t27-,28+/m1/s1. The molecule has 0 spiro atoms. The van der Waals surface area contributed by atoms with Crippen molar-refractivity contribution in [3.05, 3.63) is 71.3 Å². The SMILES string of the molecule is CCN=C(N)N(CC)N(C(=O)[C@H](CCCc1ccccc1)CC(=O)O)[C@@H](CCCCNNC(=O)c1ccc(C(=O)OCC)cc1)C(=O)O. The molecule has 262 valence electrons. The van der Waals surface area contributed by atoms with Gasteiger partial charge in [0.1, 0.15) is 0 Å². The van der Waals surface area contributed by atoms with Crippen molar-refractivity contribution in [2.24, 2.45) is 16.6 Å². The summed E-state index contributed by atoms with van der Waals surface area (Å²) in [4.78, 5) is 67.0. The number of hydrogen-bond donors (Lipinski definition) is 5. The van der Waals surface area contributed by atoms with Crippen LogP contribution in [-0.2, 0) is 25.5 Å². The van der Waals surface area contributed by atoms with Crippen molar-refractivity contribution < 1.29 is 38.9 Å². The van der Waals surface area contributed by atoms with Crippen LogP contribution < -0.4 is 16.6 Å². The second kappa shape index (κ2) is 21.0. The average Bonchev–Trinajstić information content (AvgIpc) is 3.06. The Kier molecular flexibility index (Phi) is 17.2. The Bertz CT molecular complexity index is 1370. The van der Waals surface area contributed by atoms with Gasteiger partial charge in [0.2, 0.25) is 11.9 Å². The van der Waals surface area contributed by atoms with Gasteiger partial charge < -0.3 is 20.7 Å². The van der Waals surface area contributed by atoms with Crippen molar-refractivity contribution in [1.82, 2.24) is 20.9 Å². The van der Waals surface area contributed by atoms with Crippen LogP contribution in [-0.4, -0.2) is 88.2 Å². The number of aliphatic carboxylic acids is 2. The van der Waals surface area contributed by atoms with Crippen molar-refractivity contribution in [3.63, 3.8) is 0 Å². The minimum atomic E-state index is -1.35. The van der Waals surface area contributed by atoms with Crippen LogP contribution in [0.25, 0.3) is 0 Å². The molecule has 0 aromatic heterocycles. The number of hydrazine groups is 2. The zero-order chi connectivity index (χ0) is 35.5. The van der Waals surface area contributed by atoms with Gasteiger partial charge in [-0.25, -0.2) is 20.0 Å². The number of benzene rings is 2. The molecule has 0 saturated heterocycles. The highest BCUT2D eigenvalue weighted by Crippen LogP contribution is 2.23. The molecule has 2 aromatic carbocycles. The van der Waals surface area contributed by atoms with Crippen LogP contribution >= 0.6 is 0 Å². The van der Waals surface area contributed by atoms with E-state index in [0.717, 1.165) is 10.6 Å². The number of aryl methyl sites for hydroxylation is 1. The number of carbonyl (C=O) groups excluding carboxylic acids is 3. The molecule has 48 heavy (non-hydrogen) atoms. The first-order valence-corrected chi connectivity index (χ1v) is 16.2. The van der Waals surface area contributed by atoms with E-state index in [4.69, 9.17) is 10.5 Å². The number of aliphatic imine (C=N–C) groups is 1. The molecule has 2 rings (SSSR count). The molecule has 0 radical (unpaired) electrons. The van der Waals surface area contributed by atoms with Gasteiger partial charge >= 0.3 is 17.9 Å². The summed E-state index contributed by atoms with van der Waals surface area (Å²) in [6, 6.07) is 14.2. The number of carboxylic acid groups (broad SMARTS) is 2. The second-order valence-electron chi connectivity index (χ2n) is 10.9. The first-order valence-electron chi connectivity index (χ1n) is 16.2. The molecular formula is C34H48N6O8. The number of amides is 2. The van der Waals surface area contributed by atoms with Gasteiger partial charge in [0.25, 0.3) is 5.91 Å². The van der Waals surface area contributed by atoms with Gasteiger partial charge in [0, 0.05) is 25.2 Å². The van der Waals surface area contributed by atoms with Crippen LogP contribution in [0.1, 0.15) is 85.6 Å². The maximum atomic E-state index is 14.1. The molecule has 14 heteroatoms. The highest BCUT2D eigenvalue weighted by molar-refractivity contribution is 5.96. The number of nitrogens with one attached hydrogen (secondary N) is 2. The largest absolute Gasteiger partial charge is 0.481 e. The average molecular weight is 669 g/mol. The molecule has 6 N–H and O–H groups in total. The predicted octanol–water partition coefficient (Wildman–Crippen LogP) is 3.24. The smallest absolute Gasteiger partial charge is 0.338 e. The van der Waals surface area contributed by atoms with Gasteiger partial charge in [0.05, 0.1) is 24.5 Å². The third kappa shape index (κ3) is 12.7. The van der Waals surface area contributed by atoms with Crippen LogP contribution in [0.15, 0.2) is 59.6 Å². The van der Waals surface area contributed by atoms with Crippen LogP contribution in [0.3, 0.4) is 0 Å². The molecule has 2 amide bonds. The summed E-state index contributed by atoms with van der Waals surface area (Å²) in [6.07, 6.45) is 1.75. The van der Waals surface area contributed by atoms with E-state index in [0.29, 0.717) is 49.9 Å². The molecule has 2 aromatic rings. The van der Waals surface area contributed by atoms with E-state index in [-0.39, 0.29) is 32.0 Å². The molecule has 2 atom stereocenters. The number of nitrogens with two attached hydrogens (primary N) is 1. The van der Waals surface area contributed by atoms with Gasteiger partial charge in [-0.3, -0.25) is 29.8 Å². The molecule has 14 nitrogen and oxygen atoms in total. The van der Waals surface area contributed by atoms with Gasteiger partial charge in [0.15, 0.2) is 6.04 Å². The number of hydrogen-bond acceptors (Lipinski definition) is 8. The molecular weight excluding hydrogens is 620 g/mol. The van der Waals surface area contributed by atoms with E-state index < -0.39 is 48.1 Å². The van der Waals surface area contributed by atoms with Crippen LogP contribution in [0.5, 0.6) is 0 Å². The Morgan fingerprint density at radius 2 is 1.56 bits per heavy atom. The van der Waals surface area contributed by atoms with Crippen LogP contribution in [0.4, 0.5) is 0 Å². The van der Waals surface area contributed by atoms with E-state index in [1.165, 1.54) is 29.3 Å². The van der Waals surface area contributed by atoms with Crippen LogP contribution in [0, 0.1) is 5.92 Å². The van der Waals surface area contributed by atoms with Crippen molar-refractivity contribution >= 4 is 35.7 Å². The summed E-state index contributed by atoms with van der Waals surface area (Å²) in [7, 11) is 0. The molecule has 0 heterocycles. The number of ether oxygens (including phenoxy) is 1. The van der Waals surface area contributed by atoms with E-state index in [9.17, 15) is 34.2 Å². The highest BCUT2D eigenvalue weighted by Gasteiger charge is 2.38. The first-order chi connectivity index (χ1) is 23.0. The summed E-state index contributed by atoms with van der Waals surface area (Å²) >= 11 is 0. The van der Waals surface area contributed by atoms with Gasteiger partial charge in [-0.1, -0.05) is 30.3 Å². The Morgan fingerprint density at radius 3 is 2.15 bits per heavy atom. The number of carboxylic acids is 2. The quantitative estimate of drug-likeness (QED) is 0.0456. The van der Waals surface area contributed by atoms with Gasteiger partial charge in [-0.2, -0.15) is 0 Å². The number of unbranched alkanes of at least 4 members (excludes halogenated alkanes) is 1. The maximum Gasteiger partial charge on any atom is 0.338 e. The molecule has 0 bridgehead atoms. The zero-order valence-corrected chi connectivity index (χ0v) is 27.9. The Balaban J connectivity index is 2.10. The minimum absolute atomic E-state index is 0.0335. The molecule has 0 fully saturated rings. The molecule has 0 unspecified atom stereocenters.